The maximum atomic E-state index is 13.5. The highest BCUT2D eigenvalue weighted by Gasteiger charge is 2.38. The zero-order valence-corrected chi connectivity index (χ0v) is 18.3. The Kier molecular flexibility index (Phi) is 5.75. The van der Waals surface area contributed by atoms with Gasteiger partial charge in [0, 0.05) is 6.54 Å². The highest BCUT2D eigenvalue weighted by Crippen LogP contribution is 2.36. The summed E-state index contributed by atoms with van der Waals surface area (Å²) in [5.74, 6) is 0. The lowest BCUT2D eigenvalue weighted by molar-refractivity contribution is 0.120. The normalized spacial score (nSPS) is 16.5. The molecule has 6 heteroatoms. The monoisotopic (exact) mass is 438 g/mol. The van der Waals surface area contributed by atoms with Crippen molar-refractivity contribution in [3.63, 3.8) is 0 Å². The molecule has 4 aromatic rings. The van der Waals surface area contributed by atoms with Crippen LogP contribution >= 0.6 is 0 Å². The summed E-state index contributed by atoms with van der Waals surface area (Å²) in [7, 11) is 0. The van der Waals surface area contributed by atoms with E-state index in [2.05, 4.69) is 22.4 Å². The molecule has 3 aromatic carbocycles. The van der Waals surface area contributed by atoms with Crippen molar-refractivity contribution in [2.75, 3.05) is 6.54 Å². The van der Waals surface area contributed by atoms with Gasteiger partial charge in [0.1, 0.15) is 5.69 Å². The third-order valence-corrected chi connectivity index (χ3v) is 6.38. The molecule has 6 nitrogen and oxygen atoms in total. The molecule has 1 fully saturated rings. The third kappa shape index (κ3) is 3.94. The number of likely N-dealkylation sites (tertiary alicyclic amines) is 1. The first-order valence-electron chi connectivity index (χ1n) is 11.3. The minimum absolute atomic E-state index is 0.00207. The number of hydrogen-bond acceptors (Lipinski definition) is 4. The average molecular weight is 439 g/mol. The second-order valence-electron chi connectivity index (χ2n) is 8.39. The average Bonchev–Trinajstić information content (AvgIpc) is 3.40. The molecule has 1 saturated heterocycles. The van der Waals surface area contributed by atoms with Gasteiger partial charge in [-0.2, -0.15) is 4.68 Å². The molecule has 0 aliphatic carbocycles. The van der Waals surface area contributed by atoms with E-state index in [4.69, 9.17) is 0 Å². The molecule has 0 saturated carbocycles. The van der Waals surface area contributed by atoms with Crippen LogP contribution in [0.2, 0.25) is 0 Å². The highest BCUT2D eigenvalue weighted by atomic mass is 16.3. The van der Waals surface area contributed by atoms with Crippen LogP contribution in [0.3, 0.4) is 0 Å². The predicted octanol–water partition coefficient (Wildman–Crippen LogP) is 4.76. The molecule has 1 aliphatic rings. The van der Waals surface area contributed by atoms with Gasteiger partial charge in [-0.25, -0.2) is 4.79 Å². The Morgan fingerprint density at radius 2 is 1.42 bits per heavy atom. The first-order valence-corrected chi connectivity index (χ1v) is 11.3. The maximum absolute atomic E-state index is 13.5. The Balaban J connectivity index is 1.51. The van der Waals surface area contributed by atoms with Crippen molar-refractivity contribution in [2.24, 2.45) is 0 Å². The van der Waals surface area contributed by atoms with E-state index in [0.717, 1.165) is 24.8 Å². The molecule has 0 spiro atoms. The van der Waals surface area contributed by atoms with Crippen molar-refractivity contribution in [2.45, 2.75) is 30.9 Å². The Bertz CT molecular complexity index is 1170. The van der Waals surface area contributed by atoms with Crippen LogP contribution in [0.5, 0.6) is 0 Å². The number of carbonyl (C=O) groups excluding carboxylic acids is 1. The predicted molar refractivity (Wildman–Crippen MR) is 126 cm³/mol. The molecule has 1 aliphatic heterocycles. The fourth-order valence-electron chi connectivity index (χ4n) is 4.66. The first kappa shape index (κ1) is 21.1. The van der Waals surface area contributed by atoms with E-state index >= 15 is 0 Å². The molecule has 5 rings (SSSR count). The Labute approximate surface area is 193 Å². The maximum Gasteiger partial charge on any atom is 0.346 e. The van der Waals surface area contributed by atoms with Gasteiger partial charge in [0.2, 0.25) is 0 Å². The Morgan fingerprint density at radius 1 is 0.848 bits per heavy atom. The fourth-order valence-corrected chi connectivity index (χ4v) is 4.66. The van der Waals surface area contributed by atoms with Crippen LogP contribution in [0, 0.1) is 0 Å². The van der Waals surface area contributed by atoms with Crippen molar-refractivity contribution in [1.29, 1.82) is 0 Å². The van der Waals surface area contributed by atoms with E-state index in [1.54, 1.807) is 6.20 Å². The minimum Gasteiger partial charge on any atom is -0.374 e. The zero-order valence-electron chi connectivity index (χ0n) is 18.3. The van der Waals surface area contributed by atoms with Crippen molar-refractivity contribution in [3.05, 3.63) is 120 Å². The number of benzene rings is 3. The summed E-state index contributed by atoms with van der Waals surface area (Å²) >= 11 is 0. The first-order chi connectivity index (χ1) is 16.2. The van der Waals surface area contributed by atoms with E-state index in [-0.39, 0.29) is 12.1 Å². The molecule has 1 N–H and O–H groups in total. The smallest absolute Gasteiger partial charge is 0.346 e. The van der Waals surface area contributed by atoms with Crippen molar-refractivity contribution in [3.8, 4) is 0 Å². The number of amides is 1. The molecule has 1 atom stereocenters. The van der Waals surface area contributed by atoms with Crippen LogP contribution in [0.25, 0.3) is 0 Å². The van der Waals surface area contributed by atoms with Crippen LogP contribution < -0.4 is 0 Å². The van der Waals surface area contributed by atoms with E-state index in [0.29, 0.717) is 23.4 Å². The summed E-state index contributed by atoms with van der Waals surface area (Å²) in [5, 5.41) is 20.3. The van der Waals surface area contributed by atoms with Crippen molar-refractivity contribution >= 4 is 6.03 Å². The van der Waals surface area contributed by atoms with Gasteiger partial charge in [0.05, 0.1) is 12.2 Å². The van der Waals surface area contributed by atoms with Crippen LogP contribution in [0.15, 0.2) is 97.2 Å². The van der Waals surface area contributed by atoms with Crippen LogP contribution in [-0.4, -0.2) is 37.6 Å². The second kappa shape index (κ2) is 9.00. The number of hydrogen-bond donors (Lipinski definition) is 1. The number of nitrogens with zero attached hydrogens (tertiary/aromatic N) is 4. The van der Waals surface area contributed by atoms with Crippen molar-refractivity contribution in [1.82, 2.24) is 19.9 Å². The SMILES string of the molecule is O=C(N1CCCCC1c1ccccc1)n1cc(C(O)(c2ccccc2)c2ccccc2)nn1. The largest absolute Gasteiger partial charge is 0.374 e. The van der Waals surface area contributed by atoms with Gasteiger partial charge in [-0.3, -0.25) is 0 Å². The lowest BCUT2D eigenvalue weighted by Gasteiger charge is -2.35. The van der Waals surface area contributed by atoms with Crippen LogP contribution in [0.1, 0.15) is 47.7 Å². The molecular formula is C27H26N4O2. The number of rotatable bonds is 4. The summed E-state index contributed by atoms with van der Waals surface area (Å²) < 4.78 is 1.26. The van der Waals surface area contributed by atoms with Gasteiger partial charge in [-0.05, 0) is 36.0 Å². The number of aromatic nitrogens is 3. The summed E-state index contributed by atoms with van der Waals surface area (Å²) in [6.07, 6.45) is 4.50. The number of aliphatic hydroxyl groups is 1. The summed E-state index contributed by atoms with van der Waals surface area (Å²) in [4.78, 5) is 15.4. The van der Waals surface area contributed by atoms with Crippen molar-refractivity contribution < 1.29 is 9.90 Å². The molecule has 1 aromatic heterocycles. The van der Waals surface area contributed by atoms with E-state index in [9.17, 15) is 9.90 Å². The third-order valence-electron chi connectivity index (χ3n) is 6.38. The van der Waals surface area contributed by atoms with E-state index in [1.165, 1.54) is 4.68 Å². The summed E-state index contributed by atoms with van der Waals surface area (Å²) in [6.45, 7) is 0.662. The van der Waals surface area contributed by atoms with Gasteiger partial charge < -0.3 is 10.0 Å². The van der Waals surface area contributed by atoms with Gasteiger partial charge in [-0.1, -0.05) is 96.2 Å². The van der Waals surface area contributed by atoms with Gasteiger partial charge >= 0.3 is 6.03 Å². The van der Waals surface area contributed by atoms with E-state index in [1.807, 2.05) is 83.8 Å². The molecule has 0 radical (unpaired) electrons. The molecule has 2 heterocycles. The Morgan fingerprint density at radius 3 is 2.03 bits per heavy atom. The Hall–Kier alpha value is -3.77. The summed E-state index contributed by atoms with van der Waals surface area (Å²) in [6, 6.07) is 28.6. The van der Waals surface area contributed by atoms with Gasteiger partial charge in [0.15, 0.2) is 5.60 Å². The van der Waals surface area contributed by atoms with Crippen LogP contribution in [-0.2, 0) is 5.60 Å². The topological polar surface area (TPSA) is 71.2 Å². The highest BCUT2D eigenvalue weighted by molar-refractivity contribution is 5.76. The fraction of sp³-hybridized carbons (Fsp3) is 0.222. The molecule has 0 bridgehead atoms. The number of carbonyl (C=O) groups is 1. The number of piperidine rings is 1. The molecule has 166 valence electrons. The lowest BCUT2D eigenvalue weighted by Crippen LogP contribution is -2.41. The van der Waals surface area contributed by atoms with E-state index < -0.39 is 5.60 Å². The van der Waals surface area contributed by atoms with Crippen LogP contribution in [0.4, 0.5) is 4.79 Å². The molecule has 1 unspecified atom stereocenters. The molecule has 33 heavy (non-hydrogen) atoms. The molecular weight excluding hydrogens is 412 g/mol. The summed E-state index contributed by atoms with van der Waals surface area (Å²) in [5.41, 5.74) is 1.23. The zero-order chi connectivity index (χ0) is 22.7. The van der Waals surface area contributed by atoms with Gasteiger partial charge in [-0.15, -0.1) is 5.10 Å². The minimum atomic E-state index is -1.53. The van der Waals surface area contributed by atoms with Gasteiger partial charge in [0.25, 0.3) is 0 Å². The lowest BCUT2D eigenvalue weighted by atomic mass is 9.84. The molecule has 1 amide bonds. The standard InChI is InChI=1S/C27H26N4O2/c32-26(30-19-11-10-18-24(30)21-12-4-1-5-13-21)31-20-25(28-29-31)27(33,22-14-6-2-7-15-22)23-16-8-3-9-17-23/h1-9,12-17,20,24,33H,10-11,18-19H2. The quantitative estimate of drug-likeness (QED) is 0.499. The second-order valence-corrected chi connectivity index (χ2v) is 8.39.